The third kappa shape index (κ3) is 2.73. The summed E-state index contributed by atoms with van der Waals surface area (Å²) in [4.78, 5) is 0. The highest BCUT2D eigenvalue weighted by atomic mass is 79.9. The van der Waals surface area contributed by atoms with Crippen molar-refractivity contribution in [3.63, 3.8) is 0 Å². The molecule has 0 saturated heterocycles. The smallest absolute Gasteiger partial charge is 0.139 e. The molecule has 0 amide bonds. The Kier molecular flexibility index (Phi) is 4.34. The van der Waals surface area contributed by atoms with Crippen LogP contribution in [-0.4, -0.2) is 16.3 Å². The lowest BCUT2D eigenvalue weighted by Crippen LogP contribution is -2.26. The van der Waals surface area contributed by atoms with Gasteiger partial charge in [-0.15, -0.1) is 0 Å². The van der Waals surface area contributed by atoms with Crippen LogP contribution in [-0.2, 0) is 6.54 Å². The van der Waals surface area contributed by atoms with Gasteiger partial charge in [-0.1, -0.05) is 44.2 Å². The monoisotopic (exact) mass is 347 g/mol. The van der Waals surface area contributed by atoms with E-state index in [0.717, 1.165) is 36.2 Å². The molecule has 0 spiro atoms. The summed E-state index contributed by atoms with van der Waals surface area (Å²) in [6.07, 6.45) is 2.27. The van der Waals surface area contributed by atoms with Crippen LogP contribution in [0.25, 0.3) is 0 Å². The number of halogens is 1. The molecule has 112 valence electrons. The Morgan fingerprint density at radius 3 is 2.67 bits per heavy atom. The molecule has 1 aromatic carbocycles. The van der Waals surface area contributed by atoms with Crippen LogP contribution in [0.3, 0.4) is 0 Å². The molecule has 1 aromatic heterocycles. The molecule has 2 aromatic rings. The summed E-state index contributed by atoms with van der Waals surface area (Å²) < 4.78 is 3.29. The van der Waals surface area contributed by atoms with Crippen LogP contribution in [0.1, 0.15) is 49.8 Å². The first-order valence-corrected chi connectivity index (χ1v) is 8.58. The van der Waals surface area contributed by atoms with E-state index in [1.54, 1.807) is 0 Å². The number of hydrogen-bond acceptors (Lipinski definition) is 2. The second-order valence-corrected chi connectivity index (χ2v) is 6.52. The van der Waals surface area contributed by atoms with Crippen LogP contribution < -0.4 is 5.32 Å². The van der Waals surface area contributed by atoms with Crippen molar-refractivity contribution in [2.45, 2.75) is 45.1 Å². The number of rotatable bonds is 4. The molecule has 0 fully saturated rings. The zero-order valence-corrected chi connectivity index (χ0v) is 14.2. The van der Waals surface area contributed by atoms with Crippen LogP contribution in [0.2, 0.25) is 0 Å². The van der Waals surface area contributed by atoms with Gasteiger partial charge in [-0.3, -0.25) is 0 Å². The minimum Gasteiger partial charge on any atom is -0.369 e. The summed E-state index contributed by atoms with van der Waals surface area (Å²) in [5.41, 5.74) is 2.59. The fraction of sp³-hybridized carbons (Fsp3) is 0.471. The first kappa shape index (κ1) is 14.6. The first-order valence-electron chi connectivity index (χ1n) is 7.79. The molecule has 1 aliphatic rings. The fourth-order valence-corrected chi connectivity index (χ4v) is 3.89. The number of nitrogens with zero attached hydrogens (tertiary/aromatic N) is 2. The average Bonchev–Trinajstić information content (AvgIpc) is 2.86. The number of nitrogens with one attached hydrogen (secondary N) is 1. The van der Waals surface area contributed by atoms with E-state index >= 15 is 0 Å². The van der Waals surface area contributed by atoms with Crippen LogP contribution in [0.5, 0.6) is 0 Å². The van der Waals surface area contributed by atoms with Gasteiger partial charge in [0.05, 0.1) is 16.7 Å². The van der Waals surface area contributed by atoms with Gasteiger partial charge in [0.1, 0.15) is 5.82 Å². The van der Waals surface area contributed by atoms with Gasteiger partial charge >= 0.3 is 0 Å². The van der Waals surface area contributed by atoms with E-state index in [9.17, 15) is 0 Å². The predicted octanol–water partition coefficient (Wildman–Crippen LogP) is 4.76. The molecule has 0 aliphatic carbocycles. The number of benzene rings is 1. The standard InChI is InChI=1S/C17H22BrN3/c1-3-12(4-2)16-15(18)17-19-10-14(11-21(17)20-16)13-8-6-5-7-9-13/h5-9,12,14,19H,3-4,10-11H2,1-2H3. The maximum atomic E-state index is 4.88. The summed E-state index contributed by atoms with van der Waals surface area (Å²) >= 11 is 3.75. The van der Waals surface area contributed by atoms with E-state index < -0.39 is 0 Å². The van der Waals surface area contributed by atoms with Gasteiger partial charge in [0.25, 0.3) is 0 Å². The van der Waals surface area contributed by atoms with Gasteiger partial charge in [-0.25, -0.2) is 4.68 Å². The van der Waals surface area contributed by atoms with Crippen LogP contribution in [0, 0.1) is 0 Å². The molecule has 1 aliphatic heterocycles. The largest absolute Gasteiger partial charge is 0.369 e. The second-order valence-electron chi connectivity index (χ2n) is 5.73. The van der Waals surface area contributed by atoms with Crippen molar-refractivity contribution in [2.75, 3.05) is 11.9 Å². The maximum Gasteiger partial charge on any atom is 0.139 e. The number of hydrogen-bond donors (Lipinski definition) is 1. The molecule has 1 atom stereocenters. The minimum atomic E-state index is 0.486. The Balaban J connectivity index is 1.88. The lowest BCUT2D eigenvalue weighted by molar-refractivity contribution is 0.493. The van der Waals surface area contributed by atoms with E-state index in [1.165, 1.54) is 11.3 Å². The molecule has 21 heavy (non-hydrogen) atoms. The molecule has 4 heteroatoms. The van der Waals surface area contributed by atoms with Crippen LogP contribution in [0.15, 0.2) is 34.8 Å². The van der Waals surface area contributed by atoms with Gasteiger partial charge in [0.15, 0.2) is 0 Å². The van der Waals surface area contributed by atoms with Gasteiger partial charge in [-0.2, -0.15) is 5.10 Å². The molecule has 1 unspecified atom stereocenters. The third-order valence-corrected chi connectivity index (χ3v) is 5.25. The average molecular weight is 348 g/mol. The Hall–Kier alpha value is -1.29. The van der Waals surface area contributed by atoms with Crippen molar-refractivity contribution in [1.29, 1.82) is 0 Å². The molecule has 0 saturated carbocycles. The van der Waals surface area contributed by atoms with Gasteiger partial charge in [0.2, 0.25) is 0 Å². The predicted molar refractivity (Wildman–Crippen MR) is 90.9 cm³/mol. The van der Waals surface area contributed by atoms with Crippen molar-refractivity contribution in [3.8, 4) is 0 Å². The lowest BCUT2D eigenvalue weighted by atomic mass is 9.98. The highest BCUT2D eigenvalue weighted by Gasteiger charge is 2.26. The molecular formula is C17H22BrN3. The van der Waals surface area contributed by atoms with Crippen molar-refractivity contribution in [2.24, 2.45) is 0 Å². The van der Waals surface area contributed by atoms with E-state index in [4.69, 9.17) is 5.10 Å². The Bertz CT molecular complexity index is 602. The van der Waals surface area contributed by atoms with Crippen LogP contribution in [0.4, 0.5) is 5.82 Å². The second kappa shape index (κ2) is 6.22. The van der Waals surface area contributed by atoms with E-state index in [-0.39, 0.29) is 0 Å². The highest BCUT2D eigenvalue weighted by Crippen LogP contribution is 2.37. The number of aromatic nitrogens is 2. The molecule has 3 rings (SSSR count). The highest BCUT2D eigenvalue weighted by molar-refractivity contribution is 9.10. The quantitative estimate of drug-likeness (QED) is 0.863. The van der Waals surface area contributed by atoms with Crippen LogP contribution >= 0.6 is 15.9 Å². The topological polar surface area (TPSA) is 29.9 Å². The molecule has 0 radical (unpaired) electrons. The molecule has 2 heterocycles. The summed E-state index contributed by atoms with van der Waals surface area (Å²) in [5.74, 6) is 2.17. The van der Waals surface area contributed by atoms with Crippen molar-refractivity contribution in [1.82, 2.24) is 9.78 Å². The van der Waals surface area contributed by atoms with E-state index in [0.29, 0.717) is 11.8 Å². The summed E-state index contributed by atoms with van der Waals surface area (Å²) in [7, 11) is 0. The Morgan fingerprint density at radius 2 is 2.00 bits per heavy atom. The zero-order valence-electron chi connectivity index (χ0n) is 12.6. The Labute approximate surface area is 134 Å². The summed E-state index contributed by atoms with van der Waals surface area (Å²) in [6.45, 7) is 6.39. The molecule has 3 nitrogen and oxygen atoms in total. The minimum absolute atomic E-state index is 0.486. The SMILES string of the molecule is CCC(CC)c1nn2c(c1Br)NCC(c1ccccc1)C2. The normalized spacial score (nSPS) is 17.6. The fourth-order valence-electron chi connectivity index (χ4n) is 3.14. The summed E-state index contributed by atoms with van der Waals surface area (Å²) in [6, 6.07) is 10.7. The Morgan fingerprint density at radius 1 is 1.29 bits per heavy atom. The molecular weight excluding hydrogens is 326 g/mol. The third-order valence-electron chi connectivity index (χ3n) is 4.47. The summed E-state index contributed by atoms with van der Waals surface area (Å²) in [5, 5.41) is 8.43. The van der Waals surface area contributed by atoms with Gasteiger partial charge < -0.3 is 5.32 Å². The van der Waals surface area contributed by atoms with Crippen molar-refractivity contribution in [3.05, 3.63) is 46.1 Å². The van der Waals surface area contributed by atoms with E-state index in [1.807, 2.05) is 0 Å². The lowest BCUT2D eigenvalue weighted by Gasteiger charge is -2.25. The van der Waals surface area contributed by atoms with Crippen molar-refractivity contribution < 1.29 is 0 Å². The van der Waals surface area contributed by atoms with Gasteiger partial charge in [0, 0.05) is 18.4 Å². The zero-order chi connectivity index (χ0) is 14.8. The first-order chi connectivity index (χ1) is 10.2. The number of anilines is 1. The van der Waals surface area contributed by atoms with E-state index in [2.05, 4.69) is 70.1 Å². The maximum absolute atomic E-state index is 4.88. The van der Waals surface area contributed by atoms with Gasteiger partial charge in [-0.05, 0) is 34.3 Å². The molecule has 1 N–H and O–H groups in total. The van der Waals surface area contributed by atoms with Crippen molar-refractivity contribution >= 4 is 21.7 Å². The number of fused-ring (bicyclic) bond motifs is 1. The molecule has 0 bridgehead atoms.